The summed E-state index contributed by atoms with van der Waals surface area (Å²) in [6.07, 6.45) is 0. The number of amides is 1. The molecule has 2 aromatic carbocycles. The Kier molecular flexibility index (Phi) is 6.13. The van der Waals surface area contributed by atoms with Gasteiger partial charge < -0.3 is 5.32 Å². The zero-order valence-electron chi connectivity index (χ0n) is 15.6. The largest absolute Gasteiger partial charge is 0.316 e. The lowest BCUT2D eigenvalue weighted by molar-refractivity contribution is -0.113. The molecule has 0 atom stereocenters. The predicted octanol–water partition coefficient (Wildman–Crippen LogP) is 4.87. The van der Waals surface area contributed by atoms with Crippen molar-refractivity contribution in [3.05, 3.63) is 77.7 Å². The van der Waals surface area contributed by atoms with Gasteiger partial charge in [-0.05, 0) is 11.4 Å². The van der Waals surface area contributed by atoms with E-state index in [1.165, 1.54) is 23.1 Å². The zero-order chi connectivity index (χ0) is 20.8. The number of carbonyl (C=O) groups excluding carboxylic acids is 1. The molecule has 0 bridgehead atoms. The van der Waals surface area contributed by atoms with E-state index in [9.17, 15) is 4.79 Å². The molecule has 4 aromatic rings. The van der Waals surface area contributed by atoms with Gasteiger partial charge in [-0.15, -0.1) is 21.5 Å². The molecule has 0 aliphatic rings. The monoisotopic (exact) mass is 429 g/mol. The molecule has 0 saturated heterocycles. The van der Waals surface area contributed by atoms with Crippen LogP contribution in [0, 0.1) is 11.3 Å². The summed E-state index contributed by atoms with van der Waals surface area (Å²) in [7, 11) is 0. The Morgan fingerprint density at radius 1 is 0.967 bits per heavy atom. The Morgan fingerprint density at radius 2 is 1.63 bits per heavy atom. The van der Waals surface area contributed by atoms with Crippen LogP contribution in [0.1, 0.15) is 5.56 Å². The van der Waals surface area contributed by atoms with E-state index in [4.69, 9.17) is 5.26 Å². The van der Waals surface area contributed by atoms with Crippen molar-refractivity contribution in [2.45, 2.75) is 5.16 Å². The van der Waals surface area contributed by atoms with E-state index >= 15 is 0 Å². The van der Waals surface area contributed by atoms with Gasteiger partial charge in [0.05, 0.1) is 11.3 Å². The fraction of sp³-hybridized carbons (Fsp3) is 0.0455. The number of thiophene rings is 1. The number of nitrogens with zero attached hydrogens (tertiary/aromatic N) is 4. The van der Waals surface area contributed by atoms with Gasteiger partial charge in [0, 0.05) is 11.1 Å². The van der Waals surface area contributed by atoms with E-state index in [2.05, 4.69) is 26.6 Å². The molecule has 0 spiro atoms. The summed E-state index contributed by atoms with van der Waals surface area (Å²) < 4.78 is 0. The van der Waals surface area contributed by atoms with E-state index in [1.807, 2.05) is 60.7 Å². The van der Waals surface area contributed by atoms with Crippen LogP contribution in [0.25, 0.3) is 22.5 Å². The first-order chi connectivity index (χ1) is 14.7. The molecular weight excluding hydrogens is 414 g/mol. The topological polar surface area (TPSA) is 91.6 Å². The van der Waals surface area contributed by atoms with E-state index in [-0.39, 0.29) is 11.7 Å². The van der Waals surface area contributed by atoms with Gasteiger partial charge in [-0.25, -0.2) is 4.98 Å². The molecule has 2 aromatic heterocycles. The number of carbonyl (C=O) groups is 1. The summed E-state index contributed by atoms with van der Waals surface area (Å²) in [5.41, 5.74) is 3.70. The number of hydrogen-bond donors (Lipinski definition) is 1. The number of hydrogen-bond acceptors (Lipinski definition) is 7. The lowest BCUT2D eigenvalue weighted by Gasteiger charge is -2.09. The Labute approximate surface area is 181 Å². The number of nitrogens with one attached hydrogen (secondary N) is 1. The van der Waals surface area contributed by atoms with Crippen molar-refractivity contribution in [3.63, 3.8) is 0 Å². The normalized spacial score (nSPS) is 10.4. The van der Waals surface area contributed by atoms with Gasteiger partial charge in [0.2, 0.25) is 11.1 Å². The zero-order valence-corrected chi connectivity index (χ0v) is 17.3. The summed E-state index contributed by atoms with van der Waals surface area (Å²) in [6, 6.07) is 23.3. The molecule has 0 unspecified atom stereocenters. The van der Waals surface area contributed by atoms with Gasteiger partial charge in [-0.1, -0.05) is 72.4 Å². The first-order valence-electron chi connectivity index (χ1n) is 9.00. The number of thioether (sulfide) groups is 1. The van der Waals surface area contributed by atoms with Crippen LogP contribution >= 0.6 is 23.1 Å². The molecule has 0 aliphatic carbocycles. The Hall–Kier alpha value is -3.54. The van der Waals surface area contributed by atoms with Crippen LogP contribution in [-0.4, -0.2) is 26.8 Å². The summed E-state index contributed by atoms with van der Waals surface area (Å²) in [6.45, 7) is 0. The van der Waals surface area contributed by atoms with Gasteiger partial charge in [0.25, 0.3) is 0 Å². The van der Waals surface area contributed by atoms with Crippen LogP contribution in [0.15, 0.2) is 77.3 Å². The quantitative estimate of drug-likeness (QED) is 0.440. The fourth-order valence-corrected chi connectivity index (χ4v) is 4.09. The number of benzene rings is 2. The number of nitriles is 1. The van der Waals surface area contributed by atoms with Gasteiger partial charge in [-0.3, -0.25) is 4.79 Å². The standard InChI is InChI=1S/C22H15N5OS2/c23-13-17-11-12-29-21(17)24-18(28)14-30-22-25-19(15-7-3-1-4-8-15)20(26-27-22)16-9-5-2-6-10-16/h1-12H,14H2,(H,24,28). The molecule has 0 fully saturated rings. The van der Waals surface area contributed by atoms with Gasteiger partial charge in [0.1, 0.15) is 22.5 Å². The molecule has 0 aliphatic heterocycles. The van der Waals surface area contributed by atoms with E-state index in [1.54, 1.807) is 11.4 Å². The van der Waals surface area contributed by atoms with Crippen LogP contribution < -0.4 is 5.32 Å². The molecule has 30 heavy (non-hydrogen) atoms. The minimum atomic E-state index is -0.226. The van der Waals surface area contributed by atoms with Crippen molar-refractivity contribution < 1.29 is 4.79 Å². The summed E-state index contributed by atoms with van der Waals surface area (Å²) >= 11 is 2.52. The molecule has 1 N–H and O–H groups in total. The number of aromatic nitrogens is 3. The molecule has 6 nitrogen and oxygen atoms in total. The smallest absolute Gasteiger partial charge is 0.235 e. The minimum absolute atomic E-state index is 0.114. The highest BCUT2D eigenvalue weighted by Gasteiger charge is 2.15. The molecule has 8 heteroatoms. The fourth-order valence-electron chi connectivity index (χ4n) is 2.75. The SMILES string of the molecule is N#Cc1ccsc1NC(=O)CSc1nnc(-c2ccccc2)c(-c2ccccc2)n1. The molecule has 1 amide bonds. The van der Waals surface area contributed by atoms with Crippen molar-refractivity contribution in [1.82, 2.24) is 15.2 Å². The third-order valence-electron chi connectivity index (χ3n) is 4.13. The predicted molar refractivity (Wildman–Crippen MR) is 119 cm³/mol. The van der Waals surface area contributed by atoms with E-state index in [0.29, 0.717) is 27.1 Å². The summed E-state index contributed by atoms with van der Waals surface area (Å²) in [4.78, 5) is 17.0. The van der Waals surface area contributed by atoms with Gasteiger partial charge >= 0.3 is 0 Å². The van der Waals surface area contributed by atoms with Crippen LogP contribution in [-0.2, 0) is 4.79 Å². The van der Waals surface area contributed by atoms with Crippen molar-refractivity contribution in [2.24, 2.45) is 0 Å². The highest BCUT2D eigenvalue weighted by atomic mass is 32.2. The molecule has 0 saturated carbocycles. The summed E-state index contributed by atoms with van der Waals surface area (Å²) in [5, 5.41) is 23.2. The second kappa shape index (κ2) is 9.31. The van der Waals surface area contributed by atoms with Crippen molar-refractivity contribution >= 4 is 34.0 Å². The molecule has 2 heterocycles. The highest BCUT2D eigenvalue weighted by Crippen LogP contribution is 2.30. The Morgan fingerprint density at radius 3 is 2.30 bits per heavy atom. The molecule has 0 radical (unpaired) electrons. The average molecular weight is 430 g/mol. The van der Waals surface area contributed by atoms with E-state index in [0.717, 1.165) is 11.1 Å². The maximum absolute atomic E-state index is 12.3. The summed E-state index contributed by atoms with van der Waals surface area (Å²) in [5.74, 6) is -0.112. The molecular formula is C22H15N5OS2. The van der Waals surface area contributed by atoms with Crippen LogP contribution in [0.5, 0.6) is 0 Å². The lowest BCUT2D eigenvalue weighted by Crippen LogP contribution is -2.14. The van der Waals surface area contributed by atoms with E-state index < -0.39 is 0 Å². The Balaban J connectivity index is 1.56. The molecule has 146 valence electrons. The van der Waals surface area contributed by atoms with Gasteiger partial charge in [-0.2, -0.15) is 5.26 Å². The third kappa shape index (κ3) is 4.54. The second-order valence-electron chi connectivity index (χ2n) is 6.14. The maximum Gasteiger partial charge on any atom is 0.235 e. The number of rotatable bonds is 6. The second-order valence-corrected chi connectivity index (χ2v) is 7.99. The maximum atomic E-state index is 12.3. The average Bonchev–Trinajstić information content (AvgIpc) is 3.25. The van der Waals surface area contributed by atoms with Gasteiger partial charge in [0.15, 0.2) is 0 Å². The molecule has 4 rings (SSSR count). The van der Waals surface area contributed by atoms with Crippen LogP contribution in [0.4, 0.5) is 5.00 Å². The van der Waals surface area contributed by atoms with Crippen LogP contribution in [0.3, 0.4) is 0 Å². The minimum Gasteiger partial charge on any atom is -0.316 e. The first kappa shape index (κ1) is 19.8. The van der Waals surface area contributed by atoms with Crippen LogP contribution in [0.2, 0.25) is 0 Å². The number of anilines is 1. The lowest BCUT2D eigenvalue weighted by atomic mass is 10.0. The van der Waals surface area contributed by atoms with Crippen molar-refractivity contribution in [3.8, 4) is 28.6 Å². The van der Waals surface area contributed by atoms with Crippen molar-refractivity contribution in [2.75, 3.05) is 11.1 Å². The highest BCUT2D eigenvalue weighted by molar-refractivity contribution is 7.99. The third-order valence-corrected chi connectivity index (χ3v) is 5.80. The van der Waals surface area contributed by atoms with Crippen molar-refractivity contribution in [1.29, 1.82) is 5.26 Å². The Bertz CT molecular complexity index is 1200. The first-order valence-corrected chi connectivity index (χ1v) is 10.9.